The van der Waals surface area contributed by atoms with E-state index in [0.29, 0.717) is 5.16 Å². The van der Waals surface area contributed by atoms with Crippen LogP contribution in [0, 0.1) is 0 Å². The van der Waals surface area contributed by atoms with Crippen LogP contribution < -0.4 is 15.5 Å². The van der Waals surface area contributed by atoms with E-state index in [1.807, 2.05) is 34.9 Å². The van der Waals surface area contributed by atoms with Gasteiger partial charge in [-0.3, -0.25) is 14.7 Å². The summed E-state index contributed by atoms with van der Waals surface area (Å²) in [6.45, 7) is 3.69. The van der Waals surface area contributed by atoms with Crippen molar-refractivity contribution in [3.8, 4) is 5.69 Å². The van der Waals surface area contributed by atoms with Gasteiger partial charge in [-0.05, 0) is 51.2 Å². The van der Waals surface area contributed by atoms with Crippen molar-refractivity contribution in [1.82, 2.24) is 25.4 Å². The maximum Gasteiger partial charge on any atom is 0.321 e. The van der Waals surface area contributed by atoms with Crippen LogP contribution in [0.15, 0.2) is 35.5 Å². The van der Waals surface area contributed by atoms with Crippen molar-refractivity contribution in [3.05, 3.63) is 30.3 Å². The number of hydrogen-bond acceptors (Lipinski definition) is 6. The Kier molecular flexibility index (Phi) is 7.68. The second kappa shape index (κ2) is 10.8. The van der Waals surface area contributed by atoms with Gasteiger partial charge in [0, 0.05) is 19.1 Å². The van der Waals surface area contributed by atoms with Crippen LogP contribution in [0.4, 0.5) is 10.7 Å². The number of imide groups is 1. The first-order valence-electron chi connectivity index (χ1n) is 11.7. The molecule has 1 aliphatic heterocycles. The van der Waals surface area contributed by atoms with Crippen LogP contribution in [0.2, 0.25) is 0 Å². The van der Waals surface area contributed by atoms with Crippen molar-refractivity contribution >= 4 is 29.6 Å². The fourth-order valence-electron chi connectivity index (χ4n) is 4.33. The minimum Gasteiger partial charge on any atom is -0.341 e. The number of rotatable bonds is 6. The smallest absolute Gasteiger partial charge is 0.321 e. The number of para-hydroxylation sites is 1. The second-order valence-corrected chi connectivity index (χ2v) is 9.87. The summed E-state index contributed by atoms with van der Waals surface area (Å²) in [5.41, 5.74) is 0.961. The fourth-order valence-corrected chi connectivity index (χ4v) is 5.20. The highest BCUT2D eigenvalue weighted by Crippen LogP contribution is 2.30. The van der Waals surface area contributed by atoms with Crippen molar-refractivity contribution < 1.29 is 9.59 Å². The van der Waals surface area contributed by atoms with E-state index in [4.69, 9.17) is 0 Å². The van der Waals surface area contributed by atoms with Crippen LogP contribution in [0.5, 0.6) is 0 Å². The number of urea groups is 1. The van der Waals surface area contributed by atoms with Gasteiger partial charge in [0.15, 0.2) is 5.16 Å². The number of thioether (sulfide) groups is 1. The molecule has 3 amide bonds. The van der Waals surface area contributed by atoms with Crippen LogP contribution in [0.3, 0.4) is 0 Å². The highest BCUT2D eigenvalue weighted by atomic mass is 32.2. The normalized spacial score (nSPS) is 18.2. The first kappa shape index (κ1) is 22.6. The number of anilines is 1. The van der Waals surface area contributed by atoms with Crippen LogP contribution in [0.1, 0.15) is 58.3 Å². The summed E-state index contributed by atoms with van der Waals surface area (Å²) in [4.78, 5) is 27.2. The maximum absolute atomic E-state index is 12.7. The summed E-state index contributed by atoms with van der Waals surface area (Å²) in [6, 6.07) is 9.72. The summed E-state index contributed by atoms with van der Waals surface area (Å²) in [5, 5.41) is 14.5. The zero-order valence-corrected chi connectivity index (χ0v) is 19.4. The van der Waals surface area contributed by atoms with Crippen molar-refractivity contribution in [2.24, 2.45) is 0 Å². The predicted octanol–water partition coefficient (Wildman–Crippen LogP) is 3.90. The summed E-state index contributed by atoms with van der Waals surface area (Å²) in [6.07, 6.45) is 8.93. The molecule has 8 nitrogen and oxygen atoms in total. The lowest BCUT2D eigenvalue weighted by molar-refractivity contribution is -0.119. The lowest BCUT2D eigenvalue weighted by Crippen LogP contribution is -2.47. The van der Waals surface area contributed by atoms with E-state index in [0.717, 1.165) is 63.3 Å². The molecule has 4 rings (SSSR count). The Balaban J connectivity index is 1.45. The Bertz CT molecular complexity index is 906. The Morgan fingerprint density at radius 3 is 2.41 bits per heavy atom. The molecular weight excluding hydrogens is 424 g/mol. The number of benzene rings is 1. The predicted molar refractivity (Wildman–Crippen MR) is 126 cm³/mol. The van der Waals surface area contributed by atoms with Gasteiger partial charge < -0.3 is 10.2 Å². The molecule has 2 N–H and O–H groups in total. The molecule has 1 unspecified atom stereocenters. The van der Waals surface area contributed by atoms with Gasteiger partial charge in [0.05, 0.1) is 10.9 Å². The second-order valence-electron chi connectivity index (χ2n) is 8.56. The number of nitrogens with one attached hydrogen (secondary N) is 2. The Morgan fingerprint density at radius 2 is 1.69 bits per heavy atom. The molecule has 0 bridgehead atoms. The van der Waals surface area contributed by atoms with Crippen molar-refractivity contribution in [1.29, 1.82) is 0 Å². The molecule has 1 saturated carbocycles. The number of nitrogens with zero attached hydrogens (tertiary/aromatic N) is 4. The molecule has 172 valence electrons. The van der Waals surface area contributed by atoms with Crippen LogP contribution in [-0.2, 0) is 4.79 Å². The van der Waals surface area contributed by atoms with E-state index in [1.54, 1.807) is 6.92 Å². The standard InChI is InChI=1S/C23H32N6O2S/c1-17(20(30)25-21(31)24-18-11-5-2-6-12-18)32-23-27-26-22(28-15-9-4-10-16-28)29(23)19-13-7-3-8-14-19/h3,7-8,13-14,17-18H,2,4-6,9-12,15-16H2,1H3,(H2,24,25,30,31). The van der Waals surface area contributed by atoms with Crippen LogP contribution in [0.25, 0.3) is 5.69 Å². The summed E-state index contributed by atoms with van der Waals surface area (Å²) >= 11 is 1.32. The SMILES string of the molecule is CC(Sc1nnc(N2CCCCC2)n1-c1ccccc1)C(=O)NC(=O)NC1CCCCC1. The summed E-state index contributed by atoms with van der Waals surface area (Å²) in [7, 11) is 0. The van der Waals surface area contributed by atoms with Crippen molar-refractivity contribution in [2.45, 2.75) is 74.7 Å². The zero-order valence-electron chi connectivity index (χ0n) is 18.6. The molecule has 1 saturated heterocycles. The third-order valence-electron chi connectivity index (χ3n) is 6.10. The Morgan fingerprint density at radius 1 is 1.00 bits per heavy atom. The van der Waals surface area contributed by atoms with Crippen molar-refractivity contribution in [2.75, 3.05) is 18.0 Å². The number of amides is 3. The maximum atomic E-state index is 12.7. The average Bonchev–Trinajstić information content (AvgIpc) is 3.24. The van der Waals surface area contributed by atoms with Gasteiger partial charge in [-0.1, -0.05) is 49.2 Å². The molecule has 1 aromatic heterocycles. The lowest BCUT2D eigenvalue weighted by Gasteiger charge is -2.28. The monoisotopic (exact) mass is 456 g/mol. The van der Waals surface area contributed by atoms with Gasteiger partial charge in [0.25, 0.3) is 0 Å². The van der Waals surface area contributed by atoms with Gasteiger partial charge in [0.1, 0.15) is 0 Å². The molecule has 2 heterocycles. The van der Waals surface area contributed by atoms with Crippen molar-refractivity contribution in [3.63, 3.8) is 0 Å². The molecule has 0 radical (unpaired) electrons. The first-order valence-corrected chi connectivity index (χ1v) is 12.5. The summed E-state index contributed by atoms with van der Waals surface area (Å²) in [5.74, 6) is 0.478. The lowest BCUT2D eigenvalue weighted by atomic mass is 9.96. The molecule has 2 aromatic rings. The Labute approximate surface area is 193 Å². The molecule has 9 heteroatoms. The fraction of sp³-hybridized carbons (Fsp3) is 0.565. The van der Waals surface area contributed by atoms with Gasteiger partial charge >= 0.3 is 6.03 Å². The van der Waals surface area contributed by atoms with Crippen LogP contribution in [-0.4, -0.2) is 51.1 Å². The molecule has 1 aromatic carbocycles. The average molecular weight is 457 g/mol. The van der Waals surface area contributed by atoms with E-state index in [-0.39, 0.29) is 11.9 Å². The number of piperidine rings is 1. The topological polar surface area (TPSA) is 92.2 Å². The Hall–Kier alpha value is -2.55. The minimum atomic E-state index is -0.493. The number of carbonyl (C=O) groups is 2. The molecule has 1 aliphatic carbocycles. The third-order valence-corrected chi connectivity index (χ3v) is 7.14. The number of aromatic nitrogens is 3. The van der Waals surface area contributed by atoms with Gasteiger partial charge in [-0.2, -0.15) is 0 Å². The van der Waals surface area contributed by atoms with E-state index in [2.05, 4.69) is 25.7 Å². The van der Waals surface area contributed by atoms with E-state index >= 15 is 0 Å². The quantitative estimate of drug-likeness (QED) is 0.641. The molecule has 0 spiro atoms. The summed E-state index contributed by atoms with van der Waals surface area (Å²) < 4.78 is 2.02. The minimum absolute atomic E-state index is 0.160. The largest absolute Gasteiger partial charge is 0.341 e. The van der Waals surface area contributed by atoms with E-state index in [1.165, 1.54) is 24.6 Å². The molecule has 1 atom stereocenters. The molecule has 2 aliphatic rings. The third kappa shape index (κ3) is 5.62. The highest BCUT2D eigenvalue weighted by molar-refractivity contribution is 8.00. The number of hydrogen-bond donors (Lipinski definition) is 2. The highest BCUT2D eigenvalue weighted by Gasteiger charge is 2.26. The van der Waals surface area contributed by atoms with E-state index < -0.39 is 11.3 Å². The van der Waals surface area contributed by atoms with Crippen LogP contribution >= 0.6 is 11.8 Å². The zero-order chi connectivity index (χ0) is 22.3. The van der Waals surface area contributed by atoms with Gasteiger partial charge in [0.2, 0.25) is 11.9 Å². The molecular formula is C23H32N6O2S. The van der Waals surface area contributed by atoms with Gasteiger partial charge in [-0.25, -0.2) is 4.79 Å². The number of carbonyl (C=O) groups excluding carboxylic acids is 2. The van der Waals surface area contributed by atoms with Gasteiger partial charge in [-0.15, -0.1) is 10.2 Å². The van der Waals surface area contributed by atoms with E-state index in [9.17, 15) is 9.59 Å². The molecule has 2 fully saturated rings. The molecule has 32 heavy (non-hydrogen) atoms. The first-order chi connectivity index (χ1) is 15.6.